The summed E-state index contributed by atoms with van der Waals surface area (Å²) in [5, 5.41) is 6.38. The summed E-state index contributed by atoms with van der Waals surface area (Å²) < 4.78 is 2.02. The van der Waals surface area contributed by atoms with E-state index in [-0.39, 0.29) is 0 Å². The van der Waals surface area contributed by atoms with Crippen molar-refractivity contribution < 1.29 is 0 Å². The molecule has 0 aromatic carbocycles. The van der Waals surface area contributed by atoms with E-state index in [1.807, 2.05) is 31.2 Å². The Kier molecular flexibility index (Phi) is 3.76. The normalized spacial score (nSPS) is 10.5. The Morgan fingerprint density at radius 1 is 1.50 bits per heavy atom. The van der Waals surface area contributed by atoms with Crippen LogP contribution in [-0.4, -0.2) is 29.7 Å². The largest absolute Gasteiger partial charge is 0.337 e. The average molecular weight is 168 g/mol. The molecule has 12 heavy (non-hydrogen) atoms. The van der Waals surface area contributed by atoms with Crippen LogP contribution in [0.2, 0.25) is 0 Å². The van der Waals surface area contributed by atoms with Gasteiger partial charge >= 0.3 is 0 Å². The first-order valence-electron chi connectivity index (χ1n) is 4.15. The lowest BCUT2D eigenvalue weighted by Crippen LogP contribution is -2.25. The van der Waals surface area contributed by atoms with E-state index in [4.69, 9.17) is 0 Å². The van der Waals surface area contributed by atoms with Crippen molar-refractivity contribution in [3.63, 3.8) is 0 Å². The topological polar surface area (TPSA) is 41.9 Å². The van der Waals surface area contributed by atoms with Crippen molar-refractivity contribution >= 4 is 0 Å². The molecular weight excluding hydrogens is 152 g/mol. The third-order valence-electron chi connectivity index (χ3n) is 1.77. The first-order valence-corrected chi connectivity index (χ1v) is 4.15. The summed E-state index contributed by atoms with van der Waals surface area (Å²) in [6.45, 7) is 2.87. The molecule has 0 radical (unpaired) electrons. The molecular formula is C8H16N4. The van der Waals surface area contributed by atoms with Crippen molar-refractivity contribution in [3.05, 3.63) is 18.2 Å². The first-order chi connectivity index (χ1) is 5.84. The Hall–Kier alpha value is -0.870. The van der Waals surface area contributed by atoms with Gasteiger partial charge in [-0.2, -0.15) is 0 Å². The van der Waals surface area contributed by atoms with E-state index >= 15 is 0 Å². The molecule has 68 valence electrons. The molecule has 0 bridgehead atoms. The molecule has 0 aliphatic heterocycles. The van der Waals surface area contributed by atoms with Crippen LogP contribution in [0.5, 0.6) is 0 Å². The highest BCUT2D eigenvalue weighted by Gasteiger charge is 1.95. The molecule has 0 saturated carbocycles. The van der Waals surface area contributed by atoms with Gasteiger partial charge in [0.1, 0.15) is 0 Å². The van der Waals surface area contributed by atoms with E-state index in [1.165, 1.54) is 5.69 Å². The van der Waals surface area contributed by atoms with E-state index in [9.17, 15) is 0 Å². The minimum atomic E-state index is 0.887. The number of aromatic nitrogens is 2. The molecule has 0 fully saturated rings. The molecule has 1 rings (SSSR count). The third-order valence-corrected chi connectivity index (χ3v) is 1.77. The second-order valence-electron chi connectivity index (χ2n) is 2.78. The Morgan fingerprint density at radius 3 is 2.92 bits per heavy atom. The fourth-order valence-electron chi connectivity index (χ4n) is 0.985. The molecule has 0 aliphatic carbocycles. The van der Waals surface area contributed by atoms with Gasteiger partial charge in [-0.3, -0.25) is 0 Å². The molecule has 1 heterocycles. The van der Waals surface area contributed by atoms with Gasteiger partial charge in [0, 0.05) is 32.9 Å². The summed E-state index contributed by atoms with van der Waals surface area (Å²) in [6.07, 6.45) is 3.70. The zero-order valence-corrected chi connectivity index (χ0v) is 7.67. The van der Waals surface area contributed by atoms with Crippen molar-refractivity contribution in [2.75, 3.05) is 20.1 Å². The van der Waals surface area contributed by atoms with Gasteiger partial charge in [0.2, 0.25) is 0 Å². The summed E-state index contributed by atoms with van der Waals surface area (Å²) in [5.74, 6) is 0. The average Bonchev–Trinajstić information content (AvgIpc) is 2.46. The highest BCUT2D eigenvalue weighted by Crippen LogP contribution is 1.93. The standard InChI is InChI=1S/C8H16N4/c1-9-3-4-10-5-8-6-11-7-12(8)2/h6-7,9-10H,3-5H2,1-2H3. The summed E-state index contributed by atoms with van der Waals surface area (Å²) in [7, 11) is 3.95. The van der Waals surface area contributed by atoms with Crippen LogP contribution in [0, 0.1) is 0 Å². The second-order valence-corrected chi connectivity index (χ2v) is 2.78. The number of hydrogen-bond donors (Lipinski definition) is 2. The van der Waals surface area contributed by atoms with Crippen LogP contribution in [0.3, 0.4) is 0 Å². The number of aryl methyl sites for hydroxylation is 1. The predicted octanol–water partition coefficient (Wildman–Crippen LogP) is -0.271. The lowest BCUT2D eigenvalue weighted by molar-refractivity contribution is 0.628. The van der Waals surface area contributed by atoms with Gasteiger partial charge < -0.3 is 15.2 Å². The van der Waals surface area contributed by atoms with Crippen molar-refractivity contribution in [1.29, 1.82) is 0 Å². The van der Waals surface area contributed by atoms with Gasteiger partial charge in [-0.1, -0.05) is 0 Å². The Balaban J connectivity index is 2.20. The fourth-order valence-corrected chi connectivity index (χ4v) is 0.985. The summed E-state index contributed by atoms with van der Waals surface area (Å²) in [6, 6.07) is 0. The monoisotopic (exact) mass is 168 g/mol. The Morgan fingerprint density at radius 2 is 2.33 bits per heavy atom. The highest BCUT2D eigenvalue weighted by atomic mass is 15.0. The lowest BCUT2D eigenvalue weighted by atomic mass is 10.4. The Bertz CT molecular complexity index is 219. The number of rotatable bonds is 5. The molecule has 2 N–H and O–H groups in total. The van der Waals surface area contributed by atoms with Crippen LogP contribution >= 0.6 is 0 Å². The SMILES string of the molecule is CNCCNCc1cncn1C. The zero-order valence-electron chi connectivity index (χ0n) is 7.67. The molecule has 4 heteroatoms. The number of hydrogen-bond acceptors (Lipinski definition) is 3. The van der Waals surface area contributed by atoms with Gasteiger partial charge in [0.15, 0.2) is 0 Å². The minimum absolute atomic E-state index is 0.887. The molecule has 1 aromatic rings. The van der Waals surface area contributed by atoms with Crippen LogP contribution in [0.4, 0.5) is 0 Å². The van der Waals surface area contributed by atoms with Crippen LogP contribution < -0.4 is 10.6 Å². The molecule has 0 amide bonds. The minimum Gasteiger partial charge on any atom is -0.337 e. The van der Waals surface area contributed by atoms with E-state index in [0.29, 0.717) is 0 Å². The maximum atomic E-state index is 4.03. The fraction of sp³-hybridized carbons (Fsp3) is 0.625. The summed E-state index contributed by atoms with van der Waals surface area (Å²) in [4.78, 5) is 4.03. The summed E-state index contributed by atoms with van der Waals surface area (Å²) >= 11 is 0. The van der Waals surface area contributed by atoms with Crippen LogP contribution in [-0.2, 0) is 13.6 Å². The predicted molar refractivity (Wildman–Crippen MR) is 48.8 cm³/mol. The van der Waals surface area contributed by atoms with Gasteiger partial charge in [-0.15, -0.1) is 0 Å². The van der Waals surface area contributed by atoms with Crippen molar-refractivity contribution in [1.82, 2.24) is 20.2 Å². The van der Waals surface area contributed by atoms with E-state index in [2.05, 4.69) is 15.6 Å². The van der Waals surface area contributed by atoms with Crippen LogP contribution in [0.15, 0.2) is 12.5 Å². The highest BCUT2D eigenvalue weighted by molar-refractivity contribution is 4.96. The second kappa shape index (κ2) is 4.90. The number of likely N-dealkylation sites (N-methyl/N-ethyl adjacent to an activating group) is 1. The van der Waals surface area contributed by atoms with Crippen molar-refractivity contribution in [2.24, 2.45) is 7.05 Å². The van der Waals surface area contributed by atoms with Crippen LogP contribution in [0.1, 0.15) is 5.69 Å². The maximum Gasteiger partial charge on any atom is 0.0945 e. The van der Waals surface area contributed by atoms with Crippen molar-refractivity contribution in [3.8, 4) is 0 Å². The van der Waals surface area contributed by atoms with Crippen LogP contribution in [0.25, 0.3) is 0 Å². The molecule has 4 nitrogen and oxygen atoms in total. The van der Waals surface area contributed by atoms with Crippen molar-refractivity contribution in [2.45, 2.75) is 6.54 Å². The van der Waals surface area contributed by atoms with Gasteiger partial charge in [-0.25, -0.2) is 4.98 Å². The molecule has 0 atom stereocenters. The lowest BCUT2D eigenvalue weighted by Gasteiger charge is -2.03. The molecule has 0 saturated heterocycles. The van der Waals surface area contributed by atoms with E-state index in [0.717, 1.165) is 19.6 Å². The molecule has 1 aromatic heterocycles. The van der Waals surface area contributed by atoms with Gasteiger partial charge in [0.05, 0.1) is 12.0 Å². The number of nitrogens with zero attached hydrogens (tertiary/aromatic N) is 2. The summed E-state index contributed by atoms with van der Waals surface area (Å²) in [5.41, 5.74) is 1.21. The zero-order chi connectivity index (χ0) is 8.81. The number of imidazole rings is 1. The van der Waals surface area contributed by atoms with E-state index in [1.54, 1.807) is 0 Å². The third kappa shape index (κ3) is 2.64. The Labute approximate surface area is 73.0 Å². The molecule has 0 spiro atoms. The smallest absolute Gasteiger partial charge is 0.0945 e. The molecule has 0 unspecified atom stereocenters. The van der Waals surface area contributed by atoms with Gasteiger partial charge in [-0.05, 0) is 7.05 Å². The first kappa shape index (κ1) is 9.22. The maximum absolute atomic E-state index is 4.03. The quantitative estimate of drug-likeness (QED) is 0.595. The van der Waals surface area contributed by atoms with E-state index < -0.39 is 0 Å². The number of nitrogens with one attached hydrogen (secondary N) is 2. The molecule has 0 aliphatic rings. The van der Waals surface area contributed by atoms with Gasteiger partial charge in [0.25, 0.3) is 0 Å².